The third-order valence-electron chi connectivity index (χ3n) is 6.45. The van der Waals surface area contributed by atoms with E-state index in [-0.39, 0.29) is 11.3 Å². The molecule has 7 heteroatoms. The number of nitrogens with zero attached hydrogens (tertiary/aromatic N) is 1. The third kappa shape index (κ3) is 3.26. The van der Waals surface area contributed by atoms with E-state index >= 15 is 0 Å². The van der Waals surface area contributed by atoms with E-state index in [1.165, 1.54) is 4.90 Å². The average Bonchev–Trinajstić information content (AvgIpc) is 3.55. The molecule has 1 aliphatic rings. The largest absolute Gasteiger partial charge is 0.503 e. The van der Waals surface area contributed by atoms with Crippen LogP contribution in [-0.4, -0.2) is 21.8 Å². The van der Waals surface area contributed by atoms with Crippen LogP contribution in [0.4, 0.5) is 5.69 Å². The number of aromatic amines is 1. The maximum atomic E-state index is 13.8. The highest BCUT2D eigenvalue weighted by Gasteiger charge is 2.46. The number of anilines is 1. The Balaban J connectivity index is 1.56. The van der Waals surface area contributed by atoms with Crippen molar-refractivity contribution in [3.05, 3.63) is 112 Å². The number of ketones is 1. The number of carbonyl (C=O) groups excluding carboxylic acids is 2. The van der Waals surface area contributed by atoms with Crippen molar-refractivity contribution in [3.63, 3.8) is 0 Å². The van der Waals surface area contributed by atoms with E-state index in [0.29, 0.717) is 21.9 Å². The van der Waals surface area contributed by atoms with Gasteiger partial charge in [0.15, 0.2) is 11.5 Å². The van der Waals surface area contributed by atoms with Crippen LogP contribution in [0.3, 0.4) is 0 Å². The lowest BCUT2D eigenvalue weighted by Gasteiger charge is -2.26. The number of aliphatic hydroxyl groups is 1. The Bertz CT molecular complexity index is 1660. The molecule has 0 fully saturated rings. The summed E-state index contributed by atoms with van der Waals surface area (Å²) in [7, 11) is 0. The molecule has 35 heavy (non-hydrogen) atoms. The summed E-state index contributed by atoms with van der Waals surface area (Å²) >= 11 is 6.38. The molecule has 0 saturated carbocycles. The van der Waals surface area contributed by atoms with Crippen LogP contribution in [0.1, 0.15) is 27.7 Å². The van der Waals surface area contributed by atoms with Gasteiger partial charge >= 0.3 is 0 Å². The van der Waals surface area contributed by atoms with Crippen molar-refractivity contribution in [3.8, 4) is 0 Å². The van der Waals surface area contributed by atoms with Gasteiger partial charge < -0.3 is 14.5 Å². The maximum absolute atomic E-state index is 13.8. The number of nitrogens with one attached hydrogen (secondary N) is 1. The second-order valence-corrected chi connectivity index (χ2v) is 8.95. The summed E-state index contributed by atoms with van der Waals surface area (Å²) in [6, 6.07) is 20.8. The highest BCUT2D eigenvalue weighted by molar-refractivity contribution is 6.32. The van der Waals surface area contributed by atoms with Crippen molar-refractivity contribution in [2.24, 2.45) is 0 Å². The molecule has 0 bridgehead atoms. The van der Waals surface area contributed by atoms with E-state index in [0.717, 1.165) is 21.9 Å². The number of H-pyrrole nitrogens is 1. The number of amides is 1. The first-order valence-corrected chi connectivity index (χ1v) is 11.4. The summed E-state index contributed by atoms with van der Waals surface area (Å²) in [5.41, 5.74) is 3.34. The van der Waals surface area contributed by atoms with E-state index in [2.05, 4.69) is 4.98 Å². The second kappa shape index (κ2) is 7.89. The number of aliphatic hydroxyl groups excluding tert-OH is 1. The summed E-state index contributed by atoms with van der Waals surface area (Å²) in [4.78, 5) is 31.8. The van der Waals surface area contributed by atoms with Crippen LogP contribution >= 0.6 is 11.6 Å². The normalized spacial score (nSPS) is 16.1. The molecule has 2 N–H and O–H groups in total. The molecule has 3 heterocycles. The van der Waals surface area contributed by atoms with Crippen molar-refractivity contribution in [1.29, 1.82) is 0 Å². The lowest BCUT2D eigenvalue weighted by molar-refractivity contribution is -0.117. The molecule has 0 saturated heterocycles. The lowest BCUT2D eigenvalue weighted by Crippen LogP contribution is -2.31. The van der Waals surface area contributed by atoms with E-state index < -0.39 is 23.5 Å². The Morgan fingerprint density at radius 1 is 1.06 bits per heavy atom. The molecule has 0 spiro atoms. The maximum Gasteiger partial charge on any atom is 0.294 e. The Kier molecular flexibility index (Phi) is 4.79. The second-order valence-electron chi connectivity index (χ2n) is 8.54. The molecule has 1 amide bonds. The fourth-order valence-corrected chi connectivity index (χ4v) is 4.85. The van der Waals surface area contributed by atoms with Crippen molar-refractivity contribution in [2.45, 2.75) is 13.0 Å². The number of fused-ring (bicyclic) bond motifs is 2. The molecule has 6 rings (SSSR count). The Hall–Kier alpha value is -4.29. The van der Waals surface area contributed by atoms with Crippen LogP contribution in [0.15, 0.2) is 94.7 Å². The number of halogens is 1. The van der Waals surface area contributed by atoms with Gasteiger partial charge in [-0.05, 0) is 42.8 Å². The summed E-state index contributed by atoms with van der Waals surface area (Å²) in [6.45, 7) is 1.86. The number of hydrogen-bond acceptors (Lipinski definition) is 4. The van der Waals surface area contributed by atoms with Gasteiger partial charge in [0.05, 0.1) is 11.6 Å². The first-order chi connectivity index (χ1) is 16.9. The summed E-state index contributed by atoms with van der Waals surface area (Å²) in [5.74, 6) is -1.79. The Labute approximate surface area is 205 Å². The van der Waals surface area contributed by atoms with Crippen LogP contribution in [0.25, 0.3) is 21.9 Å². The van der Waals surface area contributed by atoms with Gasteiger partial charge in [0.25, 0.3) is 5.91 Å². The predicted octanol–water partition coefficient (Wildman–Crippen LogP) is 6.66. The van der Waals surface area contributed by atoms with Crippen LogP contribution in [0.2, 0.25) is 5.02 Å². The van der Waals surface area contributed by atoms with Gasteiger partial charge in [0.1, 0.15) is 5.58 Å². The zero-order chi connectivity index (χ0) is 24.3. The Morgan fingerprint density at radius 3 is 2.63 bits per heavy atom. The molecule has 6 nitrogen and oxygen atoms in total. The average molecular weight is 483 g/mol. The number of carbonyl (C=O) groups is 2. The molecule has 0 radical (unpaired) electrons. The predicted molar refractivity (Wildman–Crippen MR) is 135 cm³/mol. The molecule has 3 aromatic carbocycles. The van der Waals surface area contributed by atoms with Gasteiger partial charge in [-0.25, -0.2) is 0 Å². The fraction of sp³-hybridized carbons (Fsp3) is 0.0714. The van der Waals surface area contributed by atoms with Gasteiger partial charge in [-0.1, -0.05) is 54.1 Å². The number of aromatic nitrogens is 1. The lowest BCUT2D eigenvalue weighted by atomic mass is 9.94. The Morgan fingerprint density at radius 2 is 1.83 bits per heavy atom. The van der Waals surface area contributed by atoms with E-state index in [1.54, 1.807) is 36.5 Å². The smallest absolute Gasteiger partial charge is 0.294 e. The van der Waals surface area contributed by atoms with Gasteiger partial charge in [-0.2, -0.15) is 0 Å². The van der Waals surface area contributed by atoms with Gasteiger partial charge in [0, 0.05) is 38.8 Å². The van der Waals surface area contributed by atoms with E-state index in [9.17, 15) is 14.7 Å². The zero-order valence-corrected chi connectivity index (χ0v) is 19.3. The minimum absolute atomic E-state index is 0.0458. The SMILES string of the molecule is Cc1ccc(N2C(=O)C(O)=C(C(=O)c3cc4ccccc4o3)C2c2c[nH]c3ccccc23)cc1Cl. The number of para-hydroxylation sites is 2. The number of benzene rings is 3. The molecule has 1 unspecified atom stereocenters. The molecule has 172 valence electrons. The minimum Gasteiger partial charge on any atom is -0.503 e. The minimum atomic E-state index is -0.891. The van der Waals surface area contributed by atoms with Gasteiger partial charge in [-0.3, -0.25) is 14.5 Å². The van der Waals surface area contributed by atoms with E-state index in [1.807, 2.05) is 49.4 Å². The first-order valence-electron chi connectivity index (χ1n) is 11.1. The number of aryl methyl sites for hydroxylation is 1. The quantitative estimate of drug-likeness (QED) is 0.280. The standard InChI is InChI=1S/C28H19ClN2O4/c1-15-10-11-17(13-20(15)29)31-25(19-14-30-21-8-4-3-7-18(19)21)24(27(33)28(31)34)26(32)23-12-16-6-2-5-9-22(16)35-23/h2-14,25,30,33H,1H3. The molecule has 1 atom stereocenters. The van der Waals surface area contributed by atoms with Crippen LogP contribution in [-0.2, 0) is 4.79 Å². The highest BCUT2D eigenvalue weighted by atomic mass is 35.5. The van der Waals surface area contributed by atoms with Gasteiger partial charge in [0.2, 0.25) is 5.78 Å². The number of hydrogen-bond donors (Lipinski definition) is 2. The highest BCUT2D eigenvalue weighted by Crippen LogP contribution is 2.45. The molecule has 1 aliphatic heterocycles. The third-order valence-corrected chi connectivity index (χ3v) is 6.86. The molecular weight excluding hydrogens is 464 g/mol. The van der Waals surface area contributed by atoms with Crippen LogP contribution in [0.5, 0.6) is 0 Å². The molecular formula is C28H19ClN2O4. The molecule has 2 aromatic heterocycles. The fourth-order valence-electron chi connectivity index (χ4n) is 4.68. The van der Waals surface area contributed by atoms with Crippen molar-refractivity contribution < 1.29 is 19.1 Å². The summed E-state index contributed by atoms with van der Waals surface area (Å²) < 4.78 is 5.80. The zero-order valence-electron chi connectivity index (χ0n) is 18.6. The van der Waals surface area contributed by atoms with Crippen molar-refractivity contribution in [2.75, 3.05) is 4.90 Å². The first kappa shape index (κ1) is 21.3. The number of Topliss-reactive ketones (excluding diaryl/α,β-unsaturated/α-hetero) is 1. The number of furan rings is 1. The number of rotatable bonds is 4. The van der Waals surface area contributed by atoms with E-state index in [4.69, 9.17) is 16.0 Å². The monoisotopic (exact) mass is 482 g/mol. The topological polar surface area (TPSA) is 86.5 Å². The molecule has 0 aliphatic carbocycles. The summed E-state index contributed by atoms with van der Waals surface area (Å²) in [5, 5.41) is 13.1. The molecule has 5 aromatic rings. The van der Waals surface area contributed by atoms with Crippen molar-refractivity contribution >= 4 is 50.9 Å². The van der Waals surface area contributed by atoms with Gasteiger partial charge in [-0.15, -0.1) is 0 Å². The van der Waals surface area contributed by atoms with Crippen LogP contribution in [0, 0.1) is 6.92 Å². The van der Waals surface area contributed by atoms with Crippen molar-refractivity contribution in [1.82, 2.24) is 4.98 Å². The summed E-state index contributed by atoms with van der Waals surface area (Å²) in [6.07, 6.45) is 1.76. The van der Waals surface area contributed by atoms with Crippen LogP contribution < -0.4 is 4.90 Å².